The van der Waals surface area contributed by atoms with Gasteiger partial charge in [0.25, 0.3) is 0 Å². The number of rotatable bonds is 7. The van der Waals surface area contributed by atoms with Crippen molar-refractivity contribution in [3.05, 3.63) is 0 Å². The zero-order valence-corrected chi connectivity index (χ0v) is 20.8. The molecule has 0 aromatic carbocycles. The normalized spacial score (nSPS) is 43.4. The van der Waals surface area contributed by atoms with Crippen molar-refractivity contribution in [2.75, 3.05) is 0 Å². The maximum absolute atomic E-state index is 2.46. The fourth-order valence-electron chi connectivity index (χ4n) is 8.06. The van der Waals surface area contributed by atoms with E-state index in [4.69, 9.17) is 0 Å². The highest BCUT2D eigenvalue weighted by Gasteiger charge is 2.29. The van der Waals surface area contributed by atoms with E-state index < -0.39 is 0 Å². The molecule has 0 aromatic rings. The second kappa shape index (κ2) is 11.7. The van der Waals surface area contributed by atoms with Gasteiger partial charge in [0.15, 0.2) is 0 Å². The van der Waals surface area contributed by atoms with Gasteiger partial charge in [-0.2, -0.15) is 0 Å². The van der Waals surface area contributed by atoms with Gasteiger partial charge in [-0.15, -0.1) is 0 Å². The fourth-order valence-corrected chi connectivity index (χ4v) is 8.06. The average molecular weight is 415 g/mol. The van der Waals surface area contributed by atoms with Crippen molar-refractivity contribution in [2.45, 2.75) is 142 Å². The lowest BCUT2D eigenvalue weighted by molar-refractivity contribution is 0.161. The van der Waals surface area contributed by atoms with E-state index in [1.807, 2.05) is 0 Å². The molecular weight excluding hydrogens is 360 g/mol. The topological polar surface area (TPSA) is 0 Å². The van der Waals surface area contributed by atoms with Crippen LogP contribution < -0.4 is 0 Å². The largest absolute Gasteiger partial charge is 0.0625 e. The molecule has 0 unspecified atom stereocenters. The van der Waals surface area contributed by atoms with Gasteiger partial charge >= 0.3 is 0 Å². The summed E-state index contributed by atoms with van der Waals surface area (Å²) in [5.74, 6) is 8.59. The Kier molecular flexibility index (Phi) is 9.07. The van der Waals surface area contributed by atoms with Crippen molar-refractivity contribution >= 4 is 0 Å². The minimum absolute atomic E-state index is 1.02. The lowest BCUT2D eigenvalue weighted by atomic mass is 9.70. The lowest BCUT2D eigenvalue weighted by Crippen LogP contribution is -2.23. The standard InChI is InChI=1S/C30H54/c1-23-3-7-25(8-4-23)11-12-26-13-15-28(16-14-26)22-30-19-17-29(18-20-30)21-27-9-5-24(2)6-10-27/h23-30H,3-22H2,1-2H3. The molecule has 4 aliphatic rings. The monoisotopic (exact) mass is 414 g/mol. The smallest absolute Gasteiger partial charge is 0.0411 e. The highest BCUT2D eigenvalue weighted by Crippen LogP contribution is 2.43. The zero-order valence-electron chi connectivity index (χ0n) is 20.8. The zero-order chi connectivity index (χ0) is 20.8. The summed E-state index contributed by atoms with van der Waals surface area (Å²) in [5, 5.41) is 0. The summed E-state index contributed by atoms with van der Waals surface area (Å²) < 4.78 is 0. The fraction of sp³-hybridized carbons (Fsp3) is 1.00. The maximum Gasteiger partial charge on any atom is -0.0411 e. The van der Waals surface area contributed by atoms with Gasteiger partial charge in [0, 0.05) is 0 Å². The van der Waals surface area contributed by atoms with Gasteiger partial charge in [-0.3, -0.25) is 0 Å². The Labute approximate surface area is 189 Å². The van der Waals surface area contributed by atoms with Crippen molar-refractivity contribution in [3.8, 4) is 0 Å². The van der Waals surface area contributed by atoms with Crippen LogP contribution in [0.4, 0.5) is 0 Å². The molecule has 30 heavy (non-hydrogen) atoms. The summed E-state index contributed by atoms with van der Waals surface area (Å²) in [5.41, 5.74) is 0. The van der Waals surface area contributed by atoms with E-state index in [-0.39, 0.29) is 0 Å². The van der Waals surface area contributed by atoms with Crippen molar-refractivity contribution in [1.82, 2.24) is 0 Å². The van der Waals surface area contributed by atoms with Crippen LogP contribution >= 0.6 is 0 Å². The second-order valence-corrected chi connectivity index (χ2v) is 13.1. The quantitative estimate of drug-likeness (QED) is 0.389. The lowest BCUT2D eigenvalue weighted by Gasteiger charge is -2.36. The average Bonchev–Trinajstić information content (AvgIpc) is 2.77. The van der Waals surface area contributed by atoms with Gasteiger partial charge in [-0.05, 0) is 60.2 Å². The number of hydrogen-bond donors (Lipinski definition) is 0. The first-order valence-corrected chi connectivity index (χ1v) is 14.6. The Bertz CT molecular complexity index is 448. The summed E-state index contributed by atoms with van der Waals surface area (Å²) in [6.45, 7) is 4.92. The molecule has 0 amide bonds. The van der Waals surface area contributed by atoms with Gasteiger partial charge in [0.1, 0.15) is 0 Å². The molecule has 0 heteroatoms. The van der Waals surface area contributed by atoms with Gasteiger partial charge in [-0.25, -0.2) is 0 Å². The van der Waals surface area contributed by atoms with Crippen LogP contribution in [0.2, 0.25) is 0 Å². The SMILES string of the molecule is CC1CCC(CCC2CCC(CC3CCC(CC4CCC(C)CC4)CC3)CC2)CC1. The van der Waals surface area contributed by atoms with Crippen molar-refractivity contribution < 1.29 is 0 Å². The van der Waals surface area contributed by atoms with Crippen LogP contribution in [-0.4, -0.2) is 0 Å². The first-order valence-electron chi connectivity index (χ1n) is 14.6. The predicted molar refractivity (Wildman–Crippen MR) is 132 cm³/mol. The molecule has 4 saturated carbocycles. The molecule has 0 aromatic heterocycles. The van der Waals surface area contributed by atoms with Gasteiger partial charge in [0.2, 0.25) is 0 Å². The minimum atomic E-state index is 1.02. The third-order valence-corrected chi connectivity index (χ3v) is 10.5. The molecule has 0 spiro atoms. The summed E-state index contributed by atoms with van der Waals surface area (Å²) in [6.07, 6.45) is 31.1. The van der Waals surface area contributed by atoms with E-state index in [0.29, 0.717) is 0 Å². The highest BCUT2D eigenvalue weighted by molar-refractivity contribution is 4.81. The molecular formula is C30H54. The highest BCUT2D eigenvalue weighted by atomic mass is 14.3. The van der Waals surface area contributed by atoms with Crippen LogP contribution in [0, 0.1) is 47.3 Å². The van der Waals surface area contributed by atoms with E-state index in [9.17, 15) is 0 Å². The summed E-state index contributed by atoms with van der Waals surface area (Å²) in [4.78, 5) is 0. The van der Waals surface area contributed by atoms with E-state index in [0.717, 1.165) is 47.3 Å². The van der Waals surface area contributed by atoms with Gasteiger partial charge < -0.3 is 0 Å². The molecule has 4 rings (SSSR count). The molecule has 4 fully saturated rings. The second-order valence-electron chi connectivity index (χ2n) is 13.1. The van der Waals surface area contributed by atoms with Crippen LogP contribution in [0.15, 0.2) is 0 Å². The Morgan fingerprint density at radius 2 is 0.567 bits per heavy atom. The summed E-state index contributed by atoms with van der Waals surface area (Å²) >= 11 is 0. The molecule has 4 aliphatic carbocycles. The van der Waals surface area contributed by atoms with E-state index in [1.165, 1.54) is 25.7 Å². The Morgan fingerprint density at radius 3 is 0.900 bits per heavy atom. The van der Waals surface area contributed by atoms with Crippen LogP contribution in [0.1, 0.15) is 142 Å². The molecule has 0 N–H and O–H groups in total. The third-order valence-electron chi connectivity index (χ3n) is 10.5. The van der Waals surface area contributed by atoms with E-state index in [2.05, 4.69) is 13.8 Å². The third kappa shape index (κ3) is 7.27. The molecule has 0 saturated heterocycles. The molecule has 0 aliphatic heterocycles. The van der Waals surface area contributed by atoms with Crippen LogP contribution in [0.25, 0.3) is 0 Å². The Hall–Kier alpha value is 0. The molecule has 174 valence electrons. The minimum Gasteiger partial charge on any atom is -0.0625 e. The summed E-state index contributed by atoms with van der Waals surface area (Å²) in [6, 6.07) is 0. The van der Waals surface area contributed by atoms with Crippen LogP contribution in [0.3, 0.4) is 0 Å². The van der Waals surface area contributed by atoms with Crippen molar-refractivity contribution in [1.29, 1.82) is 0 Å². The van der Waals surface area contributed by atoms with Crippen LogP contribution in [0.5, 0.6) is 0 Å². The maximum atomic E-state index is 2.46. The number of hydrogen-bond acceptors (Lipinski definition) is 0. The van der Waals surface area contributed by atoms with E-state index >= 15 is 0 Å². The summed E-state index contributed by atoms with van der Waals surface area (Å²) in [7, 11) is 0. The predicted octanol–water partition coefficient (Wildman–Crippen LogP) is 9.81. The molecule has 0 nitrogen and oxygen atoms in total. The molecule has 0 atom stereocenters. The van der Waals surface area contributed by atoms with Crippen LogP contribution in [-0.2, 0) is 0 Å². The Balaban J connectivity index is 1.06. The first kappa shape index (κ1) is 23.2. The van der Waals surface area contributed by atoms with E-state index in [1.54, 1.807) is 103 Å². The Morgan fingerprint density at radius 1 is 0.333 bits per heavy atom. The molecule has 0 radical (unpaired) electrons. The first-order chi connectivity index (χ1) is 14.6. The van der Waals surface area contributed by atoms with Gasteiger partial charge in [0.05, 0.1) is 0 Å². The van der Waals surface area contributed by atoms with Gasteiger partial charge in [-0.1, -0.05) is 129 Å². The molecule has 0 heterocycles. The van der Waals surface area contributed by atoms with Crippen molar-refractivity contribution in [2.24, 2.45) is 47.3 Å². The molecule has 0 bridgehead atoms. The van der Waals surface area contributed by atoms with Crippen molar-refractivity contribution in [3.63, 3.8) is 0 Å².